The fourth-order valence-corrected chi connectivity index (χ4v) is 2.76. The lowest BCUT2D eigenvalue weighted by atomic mass is 10.0. The maximum absolute atomic E-state index is 12.4. The Balaban J connectivity index is 1.76. The summed E-state index contributed by atoms with van der Waals surface area (Å²) < 4.78 is 11.2. The Morgan fingerprint density at radius 3 is 2.41 bits per heavy atom. The predicted octanol–water partition coefficient (Wildman–Crippen LogP) is 4.73. The highest BCUT2D eigenvalue weighted by molar-refractivity contribution is 6.03. The summed E-state index contributed by atoms with van der Waals surface area (Å²) in [5, 5.41) is 6.17. The molecule has 3 aromatic rings. The second kappa shape index (κ2) is 9.90. The summed E-state index contributed by atoms with van der Waals surface area (Å²) in [6.45, 7) is 8.08. The second-order valence-corrected chi connectivity index (χ2v) is 6.12. The molecular formula is C24H22N2O3. The summed E-state index contributed by atoms with van der Waals surface area (Å²) in [5.74, 6) is 1.03. The van der Waals surface area contributed by atoms with Gasteiger partial charge in [0.15, 0.2) is 0 Å². The SMILES string of the molecule is C=CCOc1ccc(C(=O)N/N=C/c2c(OCC=C)ccc3ccccc23)cc1. The number of fused-ring (bicyclic) bond motifs is 1. The van der Waals surface area contributed by atoms with Gasteiger partial charge in [0.1, 0.15) is 24.7 Å². The van der Waals surface area contributed by atoms with E-state index < -0.39 is 0 Å². The first kappa shape index (κ1) is 19.9. The zero-order valence-corrected chi connectivity index (χ0v) is 16.0. The topological polar surface area (TPSA) is 59.9 Å². The summed E-state index contributed by atoms with van der Waals surface area (Å²) in [6.07, 6.45) is 4.94. The zero-order chi connectivity index (χ0) is 20.5. The normalized spacial score (nSPS) is 10.6. The van der Waals surface area contributed by atoms with Crippen molar-refractivity contribution in [1.82, 2.24) is 5.43 Å². The predicted molar refractivity (Wildman–Crippen MR) is 117 cm³/mol. The minimum atomic E-state index is -0.315. The van der Waals surface area contributed by atoms with Crippen LogP contribution in [-0.4, -0.2) is 25.3 Å². The maximum atomic E-state index is 12.4. The van der Waals surface area contributed by atoms with E-state index in [0.29, 0.717) is 30.3 Å². The molecule has 0 radical (unpaired) electrons. The van der Waals surface area contributed by atoms with E-state index in [4.69, 9.17) is 9.47 Å². The Kier molecular flexibility index (Phi) is 6.79. The van der Waals surface area contributed by atoms with E-state index in [1.54, 1.807) is 42.6 Å². The monoisotopic (exact) mass is 386 g/mol. The van der Waals surface area contributed by atoms with E-state index in [9.17, 15) is 4.79 Å². The molecule has 0 saturated heterocycles. The van der Waals surface area contributed by atoms with E-state index >= 15 is 0 Å². The van der Waals surface area contributed by atoms with Crippen LogP contribution in [0.3, 0.4) is 0 Å². The summed E-state index contributed by atoms with van der Waals surface area (Å²) in [6, 6.07) is 18.6. The van der Waals surface area contributed by atoms with Crippen LogP contribution in [0.5, 0.6) is 11.5 Å². The van der Waals surface area contributed by atoms with Crippen molar-refractivity contribution in [2.24, 2.45) is 5.10 Å². The largest absolute Gasteiger partial charge is 0.490 e. The van der Waals surface area contributed by atoms with Crippen LogP contribution in [0.25, 0.3) is 10.8 Å². The smallest absolute Gasteiger partial charge is 0.271 e. The fourth-order valence-electron chi connectivity index (χ4n) is 2.76. The van der Waals surface area contributed by atoms with Crippen LogP contribution in [0.15, 0.2) is 91.1 Å². The van der Waals surface area contributed by atoms with E-state index in [1.807, 2.05) is 36.4 Å². The van der Waals surface area contributed by atoms with Gasteiger partial charge in [-0.3, -0.25) is 4.79 Å². The lowest BCUT2D eigenvalue weighted by Gasteiger charge is -2.10. The van der Waals surface area contributed by atoms with Crippen LogP contribution >= 0.6 is 0 Å². The third-order valence-electron chi connectivity index (χ3n) is 4.13. The minimum absolute atomic E-state index is 0.315. The van der Waals surface area contributed by atoms with E-state index in [0.717, 1.165) is 16.3 Å². The second-order valence-electron chi connectivity index (χ2n) is 6.12. The number of carbonyl (C=O) groups excluding carboxylic acids is 1. The Labute approximate surface area is 170 Å². The Morgan fingerprint density at radius 1 is 0.931 bits per heavy atom. The van der Waals surface area contributed by atoms with Crippen molar-refractivity contribution in [2.45, 2.75) is 0 Å². The molecule has 5 heteroatoms. The number of rotatable bonds is 9. The van der Waals surface area contributed by atoms with Crippen LogP contribution < -0.4 is 14.9 Å². The first-order chi connectivity index (χ1) is 14.2. The molecule has 0 aliphatic heterocycles. The Hall–Kier alpha value is -3.86. The number of amides is 1. The highest BCUT2D eigenvalue weighted by Gasteiger charge is 2.08. The van der Waals surface area contributed by atoms with Crippen molar-refractivity contribution in [2.75, 3.05) is 13.2 Å². The number of nitrogens with zero attached hydrogens (tertiary/aromatic N) is 1. The first-order valence-corrected chi connectivity index (χ1v) is 9.15. The molecule has 0 heterocycles. The van der Waals surface area contributed by atoms with Gasteiger partial charge >= 0.3 is 0 Å². The molecule has 5 nitrogen and oxygen atoms in total. The molecule has 0 fully saturated rings. The van der Waals surface area contributed by atoms with Gasteiger partial charge in [0.2, 0.25) is 0 Å². The molecule has 0 unspecified atom stereocenters. The average molecular weight is 386 g/mol. The number of hydrogen-bond acceptors (Lipinski definition) is 4. The lowest BCUT2D eigenvalue weighted by Crippen LogP contribution is -2.17. The summed E-state index contributed by atoms with van der Waals surface area (Å²) in [4.78, 5) is 12.4. The van der Waals surface area contributed by atoms with Gasteiger partial charge in [0.25, 0.3) is 5.91 Å². The van der Waals surface area contributed by atoms with Crippen molar-refractivity contribution in [1.29, 1.82) is 0 Å². The highest BCUT2D eigenvalue weighted by Crippen LogP contribution is 2.26. The molecular weight excluding hydrogens is 364 g/mol. The molecule has 3 aromatic carbocycles. The number of hydrogen-bond donors (Lipinski definition) is 1. The van der Waals surface area contributed by atoms with Gasteiger partial charge in [-0.1, -0.05) is 55.6 Å². The Morgan fingerprint density at radius 2 is 1.66 bits per heavy atom. The van der Waals surface area contributed by atoms with E-state index in [-0.39, 0.29) is 5.91 Å². The van der Waals surface area contributed by atoms with Gasteiger partial charge in [-0.15, -0.1) is 0 Å². The van der Waals surface area contributed by atoms with E-state index in [2.05, 4.69) is 23.7 Å². The van der Waals surface area contributed by atoms with Crippen molar-refractivity contribution in [3.8, 4) is 11.5 Å². The number of ether oxygens (including phenoxy) is 2. The van der Waals surface area contributed by atoms with Crippen LogP contribution in [0.2, 0.25) is 0 Å². The minimum Gasteiger partial charge on any atom is -0.490 e. The van der Waals surface area contributed by atoms with Gasteiger partial charge in [0, 0.05) is 11.1 Å². The number of carbonyl (C=O) groups is 1. The van der Waals surface area contributed by atoms with Crippen molar-refractivity contribution in [3.63, 3.8) is 0 Å². The van der Waals surface area contributed by atoms with Crippen molar-refractivity contribution < 1.29 is 14.3 Å². The van der Waals surface area contributed by atoms with Gasteiger partial charge in [0.05, 0.1) is 6.21 Å². The Bertz CT molecular complexity index is 1040. The third-order valence-corrected chi connectivity index (χ3v) is 4.13. The van der Waals surface area contributed by atoms with Crippen LogP contribution in [0.1, 0.15) is 15.9 Å². The summed E-state index contributed by atoms with van der Waals surface area (Å²) in [7, 11) is 0. The molecule has 29 heavy (non-hydrogen) atoms. The molecule has 0 spiro atoms. The van der Waals surface area contributed by atoms with Gasteiger partial charge < -0.3 is 9.47 Å². The zero-order valence-electron chi connectivity index (χ0n) is 16.0. The highest BCUT2D eigenvalue weighted by atomic mass is 16.5. The number of benzene rings is 3. The fraction of sp³-hybridized carbons (Fsp3) is 0.0833. The molecule has 146 valence electrons. The molecule has 0 atom stereocenters. The standard InChI is InChI=1S/C24H22N2O3/c1-3-15-28-20-12-9-19(10-13-20)24(27)26-25-17-22-21-8-6-5-7-18(21)11-14-23(22)29-16-4-2/h3-14,17H,1-2,15-16H2,(H,26,27)/b25-17+. The lowest BCUT2D eigenvalue weighted by molar-refractivity contribution is 0.0955. The molecule has 0 aliphatic rings. The van der Waals surface area contributed by atoms with Gasteiger partial charge in [-0.2, -0.15) is 5.10 Å². The average Bonchev–Trinajstić information content (AvgIpc) is 2.77. The van der Waals surface area contributed by atoms with Crippen LogP contribution in [-0.2, 0) is 0 Å². The van der Waals surface area contributed by atoms with Gasteiger partial charge in [-0.05, 0) is 41.1 Å². The van der Waals surface area contributed by atoms with Crippen LogP contribution in [0.4, 0.5) is 0 Å². The molecule has 1 N–H and O–H groups in total. The molecule has 0 saturated carbocycles. The molecule has 0 aromatic heterocycles. The van der Waals surface area contributed by atoms with Crippen molar-refractivity contribution >= 4 is 22.9 Å². The first-order valence-electron chi connectivity index (χ1n) is 9.15. The maximum Gasteiger partial charge on any atom is 0.271 e. The number of nitrogens with one attached hydrogen (secondary N) is 1. The van der Waals surface area contributed by atoms with Crippen LogP contribution in [0, 0.1) is 0 Å². The van der Waals surface area contributed by atoms with E-state index in [1.165, 1.54) is 0 Å². The molecule has 3 rings (SSSR count). The molecule has 0 bridgehead atoms. The van der Waals surface area contributed by atoms with Gasteiger partial charge in [-0.25, -0.2) is 5.43 Å². The molecule has 0 aliphatic carbocycles. The quantitative estimate of drug-likeness (QED) is 0.328. The summed E-state index contributed by atoms with van der Waals surface area (Å²) >= 11 is 0. The summed E-state index contributed by atoms with van der Waals surface area (Å²) in [5.41, 5.74) is 3.83. The third kappa shape index (κ3) is 5.11. The number of hydrazone groups is 1. The molecule has 1 amide bonds. The van der Waals surface area contributed by atoms with Crippen molar-refractivity contribution in [3.05, 3.63) is 97.1 Å².